The van der Waals surface area contributed by atoms with Crippen LogP contribution in [0, 0.1) is 0 Å². The van der Waals surface area contributed by atoms with Gasteiger partial charge in [0.2, 0.25) is 0 Å². The van der Waals surface area contributed by atoms with Gasteiger partial charge in [-0.3, -0.25) is 4.90 Å². The van der Waals surface area contributed by atoms with Crippen molar-refractivity contribution in [2.24, 2.45) is 0 Å². The molecule has 0 aromatic heterocycles. The van der Waals surface area contributed by atoms with Gasteiger partial charge >= 0.3 is 6.03 Å². The predicted octanol–water partition coefficient (Wildman–Crippen LogP) is 1.53. The third-order valence-corrected chi connectivity index (χ3v) is 1.45. The van der Waals surface area contributed by atoms with Crippen molar-refractivity contribution in [1.29, 1.82) is 0 Å². The van der Waals surface area contributed by atoms with Crippen molar-refractivity contribution in [3.63, 3.8) is 0 Å². The van der Waals surface area contributed by atoms with Gasteiger partial charge in [-0.1, -0.05) is 18.2 Å². The van der Waals surface area contributed by atoms with Crippen LogP contribution in [-0.4, -0.2) is 13.1 Å². The summed E-state index contributed by atoms with van der Waals surface area (Å²) < 4.78 is 0. The molecule has 1 aromatic carbocycles. The second kappa shape index (κ2) is 3.05. The number of carbonyl (C=O) groups is 1. The van der Waals surface area contributed by atoms with Crippen molar-refractivity contribution in [2.75, 3.05) is 11.9 Å². The minimum absolute atomic E-state index is 0.698. The molecule has 2 amide bonds. The Balaban J connectivity index is 2.85. The number of urea groups is 1. The summed E-state index contributed by atoms with van der Waals surface area (Å²) in [6.45, 7) is 0. The van der Waals surface area contributed by atoms with E-state index in [1.54, 1.807) is 19.2 Å². The minimum atomic E-state index is -0.698. The summed E-state index contributed by atoms with van der Waals surface area (Å²) in [7, 11) is 1.57. The van der Waals surface area contributed by atoms with Crippen molar-refractivity contribution in [3.8, 4) is 0 Å². The molecule has 0 aliphatic heterocycles. The molecular formula is C8H9N2O. The van der Waals surface area contributed by atoms with Crippen LogP contribution in [0.4, 0.5) is 10.5 Å². The van der Waals surface area contributed by atoms with Crippen LogP contribution in [0.3, 0.4) is 0 Å². The smallest absolute Gasteiger partial charge is 0.296 e. The van der Waals surface area contributed by atoms with E-state index in [9.17, 15) is 4.79 Å². The number of nitrogens with zero attached hydrogens (tertiary/aromatic N) is 1. The Morgan fingerprint density at radius 3 is 2.36 bits per heavy atom. The fourth-order valence-corrected chi connectivity index (χ4v) is 0.769. The van der Waals surface area contributed by atoms with Crippen LogP contribution in [0.5, 0.6) is 0 Å². The molecule has 0 heterocycles. The Labute approximate surface area is 65.4 Å². The van der Waals surface area contributed by atoms with Gasteiger partial charge in [0.15, 0.2) is 0 Å². The van der Waals surface area contributed by atoms with E-state index in [0.717, 1.165) is 5.69 Å². The average molecular weight is 149 g/mol. The molecule has 0 fully saturated rings. The molecule has 3 heteroatoms. The number of para-hydroxylation sites is 1. The van der Waals surface area contributed by atoms with Gasteiger partial charge in [0.25, 0.3) is 0 Å². The Morgan fingerprint density at radius 2 is 1.91 bits per heavy atom. The van der Waals surface area contributed by atoms with Crippen molar-refractivity contribution < 1.29 is 4.79 Å². The number of anilines is 1. The second-order valence-electron chi connectivity index (χ2n) is 2.20. The maximum absolute atomic E-state index is 10.5. The zero-order valence-corrected chi connectivity index (χ0v) is 6.24. The highest BCUT2D eigenvalue weighted by Gasteiger charge is 2.04. The van der Waals surface area contributed by atoms with Gasteiger partial charge < -0.3 is 0 Å². The van der Waals surface area contributed by atoms with E-state index < -0.39 is 6.03 Å². The monoisotopic (exact) mass is 149 g/mol. The molecule has 11 heavy (non-hydrogen) atoms. The Kier molecular flexibility index (Phi) is 2.11. The largest absolute Gasteiger partial charge is 0.340 e. The summed E-state index contributed by atoms with van der Waals surface area (Å²) in [5.74, 6) is 0. The molecule has 1 rings (SSSR count). The summed E-state index contributed by atoms with van der Waals surface area (Å²) in [6.07, 6.45) is 0. The number of carbonyl (C=O) groups excluding carboxylic acids is 1. The summed E-state index contributed by atoms with van der Waals surface area (Å²) >= 11 is 0. The molecule has 0 atom stereocenters. The Bertz CT molecular complexity index is 246. The molecular weight excluding hydrogens is 140 g/mol. The van der Waals surface area contributed by atoms with Crippen LogP contribution < -0.4 is 10.6 Å². The van der Waals surface area contributed by atoms with Crippen LogP contribution in [0.15, 0.2) is 30.3 Å². The van der Waals surface area contributed by atoms with Gasteiger partial charge in [0, 0.05) is 12.7 Å². The number of hydrogen-bond donors (Lipinski definition) is 0. The van der Waals surface area contributed by atoms with E-state index in [1.165, 1.54) is 4.90 Å². The first-order chi connectivity index (χ1) is 5.22. The summed E-state index contributed by atoms with van der Waals surface area (Å²) in [5.41, 5.74) is 7.55. The number of rotatable bonds is 1. The first kappa shape index (κ1) is 7.60. The van der Waals surface area contributed by atoms with Crippen LogP contribution in [0.2, 0.25) is 0 Å². The van der Waals surface area contributed by atoms with Gasteiger partial charge in [-0.25, -0.2) is 10.5 Å². The fourth-order valence-electron chi connectivity index (χ4n) is 0.769. The fraction of sp³-hybridized carbons (Fsp3) is 0.125. The molecule has 57 valence electrons. The third-order valence-electron chi connectivity index (χ3n) is 1.45. The van der Waals surface area contributed by atoms with Crippen molar-refractivity contribution >= 4 is 11.7 Å². The SMILES string of the molecule is CN(C([NH])=O)c1ccccc1. The molecule has 0 aliphatic carbocycles. The van der Waals surface area contributed by atoms with Crippen molar-refractivity contribution in [2.45, 2.75) is 0 Å². The second-order valence-corrected chi connectivity index (χ2v) is 2.20. The van der Waals surface area contributed by atoms with Gasteiger partial charge in [-0.15, -0.1) is 0 Å². The van der Waals surface area contributed by atoms with Crippen molar-refractivity contribution in [1.82, 2.24) is 5.73 Å². The highest BCUT2D eigenvalue weighted by Crippen LogP contribution is 2.09. The van der Waals surface area contributed by atoms with E-state index in [1.807, 2.05) is 18.2 Å². The van der Waals surface area contributed by atoms with Crippen LogP contribution >= 0.6 is 0 Å². The van der Waals surface area contributed by atoms with E-state index in [-0.39, 0.29) is 0 Å². The predicted molar refractivity (Wildman–Crippen MR) is 43.3 cm³/mol. The van der Waals surface area contributed by atoms with E-state index in [2.05, 4.69) is 0 Å². The van der Waals surface area contributed by atoms with E-state index >= 15 is 0 Å². The molecule has 1 aromatic rings. The quantitative estimate of drug-likeness (QED) is 0.597. The Hall–Kier alpha value is -1.51. The maximum atomic E-state index is 10.5. The number of nitrogens with one attached hydrogen (secondary N) is 1. The molecule has 0 unspecified atom stereocenters. The molecule has 1 radical (unpaired) electrons. The molecule has 0 saturated carbocycles. The van der Waals surface area contributed by atoms with Gasteiger partial charge in [0.05, 0.1) is 0 Å². The lowest BCUT2D eigenvalue weighted by Gasteiger charge is -2.12. The lowest BCUT2D eigenvalue weighted by Crippen LogP contribution is -2.24. The molecule has 3 nitrogen and oxygen atoms in total. The standard InChI is InChI=1S/C8H9N2O/c1-10(8(9)11)7-5-3-2-4-6-7/h2-6,9H,1H3. The van der Waals surface area contributed by atoms with Crippen LogP contribution in [-0.2, 0) is 0 Å². The summed E-state index contributed by atoms with van der Waals surface area (Å²) in [6, 6.07) is 8.39. The highest BCUT2D eigenvalue weighted by atomic mass is 16.2. The zero-order valence-electron chi connectivity index (χ0n) is 6.24. The molecule has 1 N–H and O–H groups in total. The van der Waals surface area contributed by atoms with Crippen LogP contribution in [0.25, 0.3) is 0 Å². The Morgan fingerprint density at radius 1 is 1.36 bits per heavy atom. The number of benzene rings is 1. The number of hydrogen-bond acceptors (Lipinski definition) is 1. The van der Waals surface area contributed by atoms with Gasteiger partial charge in [-0.05, 0) is 12.1 Å². The van der Waals surface area contributed by atoms with E-state index in [0.29, 0.717) is 0 Å². The number of amides is 2. The minimum Gasteiger partial charge on any atom is -0.296 e. The van der Waals surface area contributed by atoms with Crippen molar-refractivity contribution in [3.05, 3.63) is 30.3 Å². The summed E-state index contributed by atoms with van der Waals surface area (Å²) in [4.78, 5) is 11.8. The lowest BCUT2D eigenvalue weighted by molar-refractivity contribution is 0.254. The molecule has 0 spiro atoms. The van der Waals surface area contributed by atoms with Gasteiger partial charge in [-0.2, -0.15) is 0 Å². The highest BCUT2D eigenvalue weighted by molar-refractivity contribution is 5.89. The lowest BCUT2D eigenvalue weighted by atomic mass is 10.3. The average Bonchev–Trinajstić information content (AvgIpc) is 2.05. The molecule has 0 aliphatic rings. The molecule has 0 bridgehead atoms. The summed E-state index contributed by atoms with van der Waals surface area (Å²) in [5, 5.41) is 0. The zero-order chi connectivity index (χ0) is 8.27. The maximum Gasteiger partial charge on any atom is 0.340 e. The first-order valence-corrected chi connectivity index (χ1v) is 3.26. The third kappa shape index (κ3) is 1.70. The topological polar surface area (TPSA) is 44.1 Å². The van der Waals surface area contributed by atoms with Gasteiger partial charge in [0.1, 0.15) is 0 Å². The normalized spacial score (nSPS) is 9.18. The first-order valence-electron chi connectivity index (χ1n) is 3.26. The molecule has 0 saturated heterocycles. The van der Waals surface area contributed by atoms with Crippen LogP contribution in [0.1, 0.15) is 0 Å². The van der Waals surface area contributed by atoms with E-state index in [4.69, 9.17) is 5.73 Å².